The minimum Gasteiger partial charge on any atom is -0.461 e. The summed E-state index contributed by atoms with van der Waals surface area (Å²) < 4.78 is 5.11. The summed E-state index contributed by atoms with van der Waals surface area (Å²) in [5, 5.41) is 2.20. The molecule has 2 aromatic carbocycles. The lowest BCUT2D eigenvalue weighted by Gasteiger charge is -2.16. The van der Waals surface area contributed by atoms with Crippen molar-refractivity contribution in [2.45, 2.75) is 5.92 Å². The van der Waals surface area contributed by atoms with Crippen molar-refractivity contribution in [2.75, 3.05) is 4.90 Å². The molecule has 4 rings (SSSR count). The standard InChI is InChI=1S/C21H14N2O5/c24-18(16-11-6-12-28-16)17-14-9-4-5-10-15(14)23(20(17)26)21(27)22-19(25)13-7-2-1-3-8-13/h1-12,17H,(H,22,25,27). The van der Waals surface area contributed by atoms with Crippen LogP contribution in [0.2, 0.25) is 0 Å². The Hall–Kier alpha value is -4.00. The maximum absolute atomic E-state index is 12.9. The Morgan fingerprint density at radius 1 is 0.893 bits per heavy atom. The molecule has 0 saturated carbocycles. The van der Waals surface area contributed by atoms with Gasteiger partial charge in [0, 0.05) is 5.56 Å². The molecule has 0 saturated heterocycles. The first-order valence-electron chi connectivity index (χ1n) is 8.49. The molecule has 138 valence electrons. The van der Waals surface area contributed by atoms with Crippen LogP contribution in [0.1, 0.15) is 32.4 Å². The third kappa shape index (κ3) is 2.88. The van der Waals surface area contributed by atoms with E-state index < -0.39 is 29.5 Å². The minimum atomic E-state index is -1.21. The summed E-state index contributed by atoms with van der Waals surface area (Å²) in [5.41, 5.74) is 0.922. The first-order chi connectivity index (χ1) is 13.6. The molecule has 0 aliphatic carbocycles. The first kappa shape index (κ1) is 17.4. The maximum Gasteiger partial charge on any atom is 0.335 e. The van der Waals surface area contributed by atoms with Gasteiger partial charge < -0.3 is 4.42 Å². The number of fused-ring (bicyclic) bond motifs is 1. The van der Waals surface area contributed by atoms with E-state index in [-0.39, 0.29) is 17.0 Å². The van der Waals surface area contributed by atoms with Crippen LogP contribution in [0.25, 0.3) is 0 Å². The molecule has 1 unspecified atom stereocenters. The lowest BCUT2D eigenvalue weighted by molar-refractivity contribution is -0.117. The van der Waals surface area contributed by atoms with E-state index in [9.17, 15) is 19.2 Å². The van der Waals surface area contributed by atoms with Crippen molar-refractivity contribution < 1.29 is 23.6 Å². The van der Waals surface area contributed by atoms with Crippen molar-refractivity contribution in [3.05, 3.63) is 89.9 Å². The molecule has 0 bridgehead atoms. The Kier molecular flexibility index (Phi) is 4.33. The molecular weight excluding hydrogens is 360 g/mol. The second-order valence-electron chi connectivity index (χ2n) is 6.13. The van der Waals surface area contributed by atoms with Gasteiger partial charge in [-0.1, -0.05) is 36.4 Å². The molecule has 0 spiro atoms. The quantitative estimate of drug-likeness (QED) is 0.561. The Morgan fingerprint density at radius 3 is 2.32 bits per heavy atom. The van der Waals surface area contributed by atoms with Gasteiger partial charge in [0.15, 0.2) is 5.76 Å². The average Bonchev–Trinajstić information content (AvgIpc) is 3.34. The predicted molar refractivity (Wildman–Crippen MR) is 99.0 cm³/mol. The number of amides is 4. The number of nitrogens with zero attached hydrogens (tertiary/aromatic N) is 1. The molecule has 0 fully saturated rings. The smallest absolute Gasteiger partial charge is 0.335 e. The number of Topliss-reactive ketones (excluding diaryl/α,β-unsaturated/α-hetero) is 1. The minimum absolute atomic E-state index is 0.0239. The second-order valence-corrected chi connectivity index (χ2v) is 6.13. The largest absolute Gasteiger partial charge is 0.461 e. The summed E-state index contributed by atoms with van der Waals surface area (Å²) in [4.78, 5) is 51.5. The zero-order chi connectivity index (χ0) is 19.7. The first-order valence-corrected chi connectivity index (χ1v) is 8.49. The van der Waals surface area contributed by atoms with E-state index in [0.717, 1.165) is 4.90 Å². The number of benzene rings is 2. The van der Waals surface area contributed by atoms with Crippen LogP contribution < -0.4 is 10.2 Å². The molecule has 2 heterocycles. The van der Waals surface area contributed by atoms with E-state index in [2.05, 4.69) is 5.32 Å². The summed E-state index contributed by atoms with van der Waals surface area (Å²) in [5.74, 6) is -3.11. The van der Waals surface area contributed by atoms with Crippen LogP contribution in [0.5, 0.6) is 0 Å². The van der Waals surface area contributed by atoms with Crippen molar-refractivity contribution in [2.24, 2.45) is 0 Å². The van der Waals surface area contributed by atoms with E-state index in [1.165, 1.54) is 12.3 Å². The van der Waals surface area contributed by atoms with Crippen molar-refractivity contribution in [3.63, 3.8) is 0 Å². The van der Waals surface area contributed by atoms with Gasteiger partial charge in [-0.2, -0.15) is 0 Å². The number of imide groups is 2. The second kappa shape index (κ2) is 6.96. The number of carbonyl (C=O) groups excluding carboxylic acids is 4. The SMILES string of the molecule is O=C(NC(=O)N1C(=O)C(C(=O)c2ccco2)c2ccccc21)c1ccccc1. The van der Waals surface area contributed by atoms with Gasteiger partial charge in [0.2, 0.25) is 5.78 Å². The lowest BCUT2D eigenvalue weighted by Crippen LogP contribution is -2.45. The topological polar surface area (TPSA) is 96.7 Å². The highest BCUT2D eigenvalue weighted by molar-refractivity contribution is 6.30. The van der Waals surface area contributed by atoms with Crippen LogP contribution in [-0.4, -0.2) is 23.6 Å². The number of para-hydroxylation sites is 1. The Labute approximate surface area is 159 Å². The molecular formula is C21H14N2O5. The van der Waals surface area contributed by atoms with E-state index in [1.54, 1.807) is 60.7 Å². The van der Waals surface area contributed by atoms with Gasteiger partial charge in [-0.3, -0.25) is 19.7 Å². The summed E-state index contributed by atoms with van der Waals surface area (Å²) >= 11 is 0. The zero-order valence-electron chi connectivity index (χ0n) is 14.5. The highest BCUT2D eigenvalue weighted by Crippen LogP contribution is 2.39. The fraction of sp³-hybridized carbons (Fsp3) is 0.0476. The number of ketones is 1. The fourth-order valence-electron chi connectivity index (χ4n) is 3.15. The third-order valence-corrected chi connectivity index (χ3v) is 4.44. The highest BCUT2D eigenvalue weighted by Gasteiger charge is 2.45. The van der Waals surface area contributed by atoms with Gasteiger partial charge >= 0.3 is 6.03 Å². The van der Waals surface area contributed by atoms with Crippen LogP contribution in [0.3, 0.4) is 0 Å². The van der Waals surface area contributed by atoms with Crippen molar-refractivity contribution in [3.8, 4) is 0 Å². The van der Waals surface area contributed by atoms with Gasteiger partial charge in [0.05, 0.1) is 12.0 Å². The molecule has 7 heteroatoms. The molecule has 1 aliphatic rings. The molecule has 1 aliphatic heterocycles. The van der Waals surface area contributed by atoms with E-state index in [0.29, 0.717) is 5.56 Å². The van der Waals surface area contributed by atoms with Gasteiger partial charge in [-0.15, -0.1) is 0 Å². The number of urea groups is 1. The van der Waals surface area contributed by atoms with Crippen LogP contribution in [0, 0.1) is 0 Å². The Morgan fingerprint density at radius 2 is 1.61 bits per heavy atom. The Bertz CT molecular complexity index is 1070. The highest BCUT2D eigenvalue weighted by atomic mass is 16.3. The van der Waals surface area contributed by atoms with E-state index >= 15 is 0 Å². The fourth-order valence-corrected chi connectivity index (χ4v) is 3.15. The molecule has 4 amide bonds. The average molecular weight is 374 g/mol. The normalized spacial score (nSPS) is 15.2. The number of furan rings is 1. The monoisotopic (exact) mass is 374 g/mol. The van der Waals surface area contributed by atoms with Crippen LogP contribution in [0.4, 0.5) is 10.5 Å². The number of nitrogens with one attached hydrogen (secondary N) is 1. The van der Waals surface area contributed by atoms with Gasteiger partial charge in [0.25, 0.3) is 11.8 Å². The molecule has 28 heavy (non-hydrogen) atoms. The van der Waals surface area contributed by atoms with Crippen molar-refractivity contribution in [1.29, 1.82) is 0 Å². The third-order valence-electron chi connectivity index (χ3n) is 4.44. The Balaban J connectivity index is 1.64. The maximum atomic E-state index is 12.9. The van der Waals surface area contributed by atoms with Crippen molar-refractivity contribution in [1.82, 2.24) is 5.32 Å². The van der Waals surface area contributed by atoms with E-state index in [4.69, 9.17) is 4.42 Å². The van der Waals surface area contributed by atoms with Crippen LogP contribution >= 0.6 is 0 Å². The molecule has 1 atom stereocenters. The van der Waals surface area contributed by atoms with Crippen LogP contribution in [-0.2, 0) is 4.79 Å². The summed E-state index contributed by atoms with van der Waals surface area (Å²) in [7, 11) is 0. The molecule has 3 aromatic rings. The molecule has 1 N–H and O–H groups in total. The molecule has 0 radical (unpaired) electrons. The summed E-state index contributed by atoms with van der Waals surface area (Å²) in [6, 6.07) is 16.7. The van der Waals surface area contributed by atoms with E-state index in [1.807, 2.05) is 0 Å². The van der Waals surface area contributed by atoms with Crippen molar-refractivity contribution >= 4 is 29.3 Å². The zero-order valence-corrected chi connectivity index (χ0v) is 14.5. The number of anilines is 1. The van der Waals surface area contributed by atoms with Gasteiger partial charge in [0.1, 0.15) is 5.92 Å². The summed E-state index contributed by atoms with van der Waals surface area (Å²) in [6.07, 6.45) is 1.33. The predicted octanol–water partition coefficient (Wildman–Crippen LogP) is 3.14. The number of hydrogen-bond acceptors (Lipinski definition) is 5. The summed E-state index contributed by atoms with van der Waals surface area (Å²) in [6.45, 7) is 0. The lowest BCUT2D eigenvalue weighted by atomic mass is 9.95. The van der Waals surface area contributed by atoms with Crippen LogP contribution in [0.15, 0.2) is 77.4 Å². The number of hydrogen-bond donors (Lipinski definition) is 1. The molecule has 1 aromatic heterocycles. The number of rotatable bonds is 3. The molecule has 7 nitrogen and oxygen atoms in total. The van der Waals surface area contributed by atoms with Gasteiger partial charge in [-0.25, -0.2) is 9.69 Å². The van der Waals surface area contributed by atoms with Gasteiger partial charge in [-0.05, 0) is 35.9 Å². The number of carbonyl (C=O) groups is 4.